The van der Waals surface area contributed by atoms with Crippen molar-refractivity contribution in [2.75, 3.05) is 19.3 Å². The topological polar surface area (TPSA) is 86.7 Å². The molecule has 2 amide bonds. The number of nitrogens with zero attached hydrogens (tertiary/aromatic N) is 1. The molecule has 1 aliphatic carbocycles. The van der Waals surface area contributed by atoms with Gasteiger partial charge >= 0.3 is 12.0 Å². The van der Waals surface area contributed by atoms with E-state index in [1.54, 1.807) is 6.26 Å². The van der Waals surface area contributed by atoms with E-state index in [2.05, 4.69) is 5.32 Å². The van der Waals surface area contributed by atoms with E-state index in [1.165, 1.54) is 4.90 Å². The number of amides is 2. The molecular formula is C13H24N2O4S. The fourth-order valence-corrected chi connectivity index (χ4v) is 2.83. The lowest BCUT2D eigenvalue weighted by molar-refractivity contribution is -0.138. The molecule has 0 aromatic carbocycles. The molecule has 0 heterocycles. The molecule has 0 spiro atoms. The Kier molecular flexibility index (Phi) is 6.98. The van der Waals surface area contributed by atoms with Crippen LogP contribution in [-0.4, -0.2) is 56.9 Å². The van der Waals surface area contributed by atoms with E-state index in [9.17, 15) is 13.8 Å². The third kappa shape index (κ3) is 5.48. The van der Waals surface area contributed by atoms with E-state index >= 15 is 0 Å². The maximum atomic E-state index is 12.1. The van der Waals surface area contributed by atoms with Gasteiger partial charge in [0.25, 0.3) is 0 Å². The van der Waals surface area contributed by atoms with E-state index < -0.39 is 16.8 Å². The summed E-state index contributed by atoms with van der Waals surface area (Å²) in [5.41, 5.74) is 0. The van der Waals surface area contributed by atoms with Crippen molar-refractivity contribution in [2.24, 2.45) is 0 Å². The largest absolute Gasteiger partial charge is 0.480 e. The number of aliphatic carboxylic acids is 1. The van der Waals surface area contributed by atoms with Crippen LogP contribution in [0.15, 0.2) is 0 Å². The minimum Gasteiger partial charge on any atom is -0.480 e. The van der Waals surface area contributed by atoms with Gasteiger partial charge in [-0.15, -0.1) is 0 Å². The summed E-state index contributed by atoms with van der Waals surface area (Å²) >= 11 is 0. The van der Waals surface area contributed by atoms with Crippen LogP contribution in [-0.2, 0) is 15.6 Å². The second-order valence-corrected chi connectivity index (χ2v) is 7.09. The monoisotopic (exact) mass is 304 g/mol. The lowest BCUT2D eigenvalue weighted by atomic mass is 10.2. The van der Waals surface area contributed by atoms with E-state index in [1.807, 2.05) is 6.92 Å². The molecule has 0 bridgehead atoms. The summed E-state index contributed by atoms with van der Waals surface area (Å²) in [5, 5.41) is 11.7. The fraction of sp³-hybridized carbons (Fsp3) is 0.846. The molecule has 0 aromatic heterocycles. The smallest absolute Gasteiger partial charge is 0.323 e. The van der Waals surface area contributed by atoms with Crippen LogP contribution in [0.25, 0.3) is 0 Å². The molecule has 1 fully saturated rings. The van der Waals surface area contributed by atoms with Gasteiger partial charge in [0.15, 0.2) is 0 Å². The highest BCUT2D eigenvalue weighted by atomic mass is 32.2. The molecule has 6 nitrogen and oxygen atoms in total. The van der Waals surface area contributed by atoms with E-state index in [-0.39, 0.29) is 23.9 Å². The number of carbonyl (C=O) groups is 2. The molecule has 0 aromatic rings. The summed E-state index contributed by atoms with van der Waals surface area (Å²) in [7, 11) is -0.906. The van der Waals surface area contributed by atoms with Gasteiger partial charge in [0.1, 0.15) is 6.54 Å². The molecule has 2 unspecified atom stereocenters. The average Bonchev–Trinajstić information content (AvgIpc) is 2.88. The van der Waals surface area contributed by atoms with Gasteiger partial charge in [0.05, 0.1) is 0 Å². The van der Waals surface area contributed by atoms with Crippen molar-refractivity contribution in [3.05, 3.63) is 0 Å². The predicted octanol–water partition coefficient (Wildman–Crippen LogP) is 1.18. The highest BCUT2D eigenvalue weighted by Gasteiger charge is 2.28. The van der Waals surface area contributed by atoms with Crippen LogP contribution in [0.5, 0.6) is 0 Å². The molecule has 0 aliphatic heterocycles. The van der Waals surface area contributed by atoms with Crippen molar-refractivity contribution < 1.29 is 18.9 Å². The van der Waals surface area contributed by atoms with Crippen LogP contribution in [0, 0.1) is 0 Å². The molecule has 0 radical (unpaired) electrons. The number of rotatable bonds is 7. The Hall–Kier alpha value is -1.11. The van der Waals surface area contributed by atoms with Gasteiger partial charge < -0.3 is 15.3 Å². The summed E-state index contributed by atoms with van der Waals surface area (Å²) in [5.74, 6) is -0.991. The van der Waals surface area contributed by atoms with Gasteiger partial charge in [0, 0.05) is 34.9 Å². The van der Waals surface area contributed by atoms with Crippen LogP contribution in [0.3, 0.4) is 0 Å². The Morgan fingerprint density at radius 3 is 2.50 bits per heavy atom. The number of carboxylic acids is 1. The third-order valence-electron chi connectivity index (χ3n) is 3.73. The van der Waals surface area contributed by atoms with Crippen LogP contribution in [0.4, 0.5) is 4.79 Å². The highest BCUT2D eigenvalue weighted by molar-refractivity contribution is 7.84. The second kappa shape index (κ2) is 8.24. The van der Waals surface area contributed by atoms with Crippen LogP contribution in [0.2, 0.25) is 0 Å². The summed E-state index contributed by atoms with van der Waals surface area (Å²) in [4.78, 5) is 24.4. The highest BCUT2D eigenvalue weighted by Crippen LogP contribution is 2.23. The Bertz CT molecular complexity index is 369. The van der Waals surface area contributed by atoms with Gasteiger partial charge in [-0.1, -0.05) is 19.8 Å². The zero-order valence-corrected chi connectivity index (χ0v) is 12.9. The average molecular weight is 304 g/mol. The lowest BCUT2D eigenvalue weighted by Gasteiger charge is -2.27. The summed E-state index contributed by atoms with van der Waals surface area (Å²) < 4.78 is 11.2. The number of hydrogen-bond donors (Lipinski definition) is 2. The maximum absolute atomic E-state index is 12.1. The van der Waals surface area contributed by atoms with E-state index in [4.69, 9.17) is 5.11 Å². The van der Waals surface area contributed by atoms with Crippen molar-refractivity contribution in [1.29, 1.82) is 0 Å². The van der Waals surface area contributed by atoms with Crippen LogP contribution >= 0.6 is 0 Å². The minimum atomic E-state index is -0.991. The molecule has 116 valence electrons. The van der Waals surface area contributed by atoms with Gasteiger partial charge in [-0.25, -0.2) is 4.79 Å². The molecule has 2 atom stereocenters. The van der Waals surface area contributed by atoms with E-state index in [0.717, 1.165) is 25.7 Å². The number of carboxylic acid groups (broad SMARTS) is 1. The predicted molar refractivity (Wildman–Crippen MR) is 78.1 cm³/mol. The third-order valence-corrected chi connectivity index (χ3v) is 5.09. The lowest BCUT2D eigenvalue weighted by Crippen LogP contribution is -2.48. The molecule has 1 aliphatic rings. The van der Waals surface area contributed by atoms with Crippen molar-refractivity contribution in [3.8, 4) is 0 Å². The number of nitrogens with one attached hydrogen (secondary N) is 1. The Morgan fingerprint density at radius 1 is 1.40 bits per heavy atom. The second-order valence-electron chi connectivity index (χ2n) is 5.29. The first kappa shape index (κ1) is 16.9. The molecule has 1 saturated carbocycles. The first-order valence-electron chi connectivity index (χ1n) is 7.00. The zero-order valence-electron chi connectivity index (χ0n) is 12.1. The van der Waals surface area contributed by atoms with Crippen molar-refractivity contribution in [2.45, 2.75) is 50.3 Å². The molecule has 2 N–H and O–H groups in total. The SMILES string of the molecule is CC(CCNC(=O)N(CC(=O)O)C1CCCC1)S(C)=O. The minimum absolute atomic E-state index is 0.0229. The van der Waals surface area contributed by atoms with Gasteiger partial charge in [-0.3, -0.25) is 9.00 Å². The number of urea groups is 1. The Labute approximate surface area is 122 Å². The standard InChI is InChI=1S/C13H24N2O4S/c1-10(20(2)19)7-8-14-13(18)15(9-12(16)17)11-5-3-4-6-11/h10-11H,3-9H2,1-2H3,(H,14,18)(H,16,17). The van der Waals surface area contributed by atoms with Gasteiger partial charge in [-0.05, 0) is 19.3 Å². The Balaban J connectivity index is 2.46. The molecule has 7 heteroatoms. The first-order chi connectivity index (χ1) is 9.41. The normalized spacial score (nSPS) is 18.5. The maximum Gasteiger partial charge on any atom is 0.323 e. The quantitative estimate of drug-likeness (QED) is 0.739. The summed E-state index contributed by atoms with van der Waals surface area (Å²) in [6.45, 7) is 2.03. The molecule has 0 saturated heterocycles. The summed E-state index contributed by atoms with van der Waals surface area (Å²) in [6, 6.07) is -0.294. The molecule has 20 heavy (non-hydrogen) atoms. The molecular weight excluding hydrogens is 280 g/mol. The first-order valence-corrected chi connectivity index (χ1v) is 8.62. The van der Waals surface area contributed by atoms with Crippen molar-refractivity contribution in [1.82, 2.24) is 10.2 Å². The van der Waals surface area contributed by atoms with Crippen LogP contribution < -0.4 is 5.32 Å². The Morgan fingerprint density at radius 2 is 2.00 bits per heavy atom. The van der Waals surface area contributed by atoms with Crippen LogP contribution in [0.1, 0.15) is 39.0 Å². The number of hydrogen-bond acceptors (Lipinski definition) is 3. The van der Waals surface area contributed by atoms with Crippen molar-refractivity contribution >= 4 is 22.8 Å². The van der Waals surface area contributed by atoms with Gasteiger partial charge in [0.2, 0.25) is 0 Å². The van der Waals surface area contributed by atoms with Gasteiger partial charge in [-0.2, -0.15) is 0 Å². The van der Waals surface area contributed by atoms with Crippen molar-refractivity contribution in [3.63, 3.8) is 0 Å². The number of carbonyl (C=O) groups excluding carboxylic acids is 1. The zero-order chi connectivity index (χ0) is 15.1. The fourth-order valence-electron chi connectivity index (χ4n) is 2.38. The molecule has 1 rings (SSSR count). The summed E-state index contributed by atoms with van der Waals surface area (Å²) in [6.07, 6.45) is 6.09. The van der Waals surface area contributed by atoms with E-state index in [0.29, 0.717) is 13.0 Å².